The van der Waals surface area contributed by atoms with E-state index in [-0.39, 0.29) is 6.10 Å². The second kappa shape index (κ2) is 4.52. The van der Waals surface area contributed by atoms with Gasteiger partial charge in [0.2, 0.25) is 0 Å². The zero-order valence-electron chi connectivity index (χ0n) is 10.8. The van der Waals surface area contributed by atoms with Crippen LogP contribution >= 0.6 is 11.3 Å². The topological polar surface area (TPSA) is 38.0 Å². The molecule has 3 nitrogen and oxygen atoms in total. The first-order chi connectivity index (χ1) is 8.66. The van der Waals surface area contributed by atoms with Crippen LogP contribution in [0.4, 0.5) is 0 Å². The van der Waals surface area contributed by atoms with Crippen LogP contribution in [-0.4, -0.2) is 14.7 Å². The fourth-order valence-corrected chi connectivity index (χ4v) is 3.49. The largest absolute Gasteiger partial charge is 0.388 e. The Labute approximate surface area is 111 Å². The van der Waals surface area contributed by atoms with Crippen LogP contribution in [0.1, 0.15) is 55.7 Å². The van der Waals surface area contributed by atoms with Crippen LogP contribution in [0.5, 0.6) is 0 Å². The van der Waals surface area contributed by atoms with Crippen LogP contribution in [0.15, 0.2) is 17.6 Å². The summed E-state index contributed by atoms with van der Waals surface area (Å²) in [7, 11) is 0. The van der Waals surface area contributed by atoms with E-state index in [1.807, 2.05) is 12.3 Å². The molecule has 0 amide bonds. The normalized spacial score (nSPS) is 19.2. The molecule has 0 saturated carbocycles. The van der Waals surface area contributed by atoms with Gasteiger partial charge in [-0.3, -0.25) is 4.57 Å². The van der Waals surface area contributed by atoms with E-state index >= 15 is 0 Å². The van der Waals surface area contributed by atoms with Gasteiger partial charge >= 0.3 is 0 Å². The maximum atomic E-state index is 9.98. The Morgan fingerprint density at radius 2 is 2.33 bits per heavy atom. The molecular formula is C14H18N2OS. The summed E-state index contributed by atoms with van der Waals surface area (Å²) in [4.78, 5) is 4.69. The van der Waals surface area contributed by atoms with E-state index in [2.05, 4.69) is 28.8 Å². The molecule has 0 spiro atoms. The fourth-order valence-electron chi connectivity index (χ4n) is 2.50. The van der Waals surface area contributed by atoms with Crippen molar-refractivity contribution in [2.45, 2.75) is 45.1 Å². The number of aliphatic hydroxyl groups excluding tert-OH is 1. The van der Waals surface area contributed by atoms with Crippen LogP contribution in [0.3, 0.4) is 0 Å². The molecule has 1 aliphatic rings. The van der Waals surface area contributed by atoms with E-state index in [0.29, 0.717) is 5.92 Å². The van der Waals surface area contributed by atoms with Crippen molar-refractivity contribution >= 4 is 11.3 Å². The van der Waals surface area contributed by atoms with Gasteiger partial charge in [-0.15, -0.1) is 11.3 Å². The number of aliphatic hydroxyl groups is 1. The first-order valence-electron chi connectivity index (χ1n) is 6.51. The van der Waals surface area contributed by atoms with Gasteiger partial charge in [0.25, 0.3) is 0 Å². The average molecular weight is 262 g/mol. The highest BCUT2D eigenvalue weighted by atomic mass is 32.1. The van der Waals surface area contributed by atoms with Gasteiger partial charge in [-0.25, -0.2) is 4.98 Å². The lowest BCUT2D eigenvalue weighted by atomic mass is 9.95. The highest BCUT2D eigenvalue weighted by Gasteiger charge is 2.22. The third kappa shape index (κ3) is 1.89. The van der Waals surface area contributed by atoms with Crippen molar-refractivity contribution in [3.8, 4) is 5.13 Å². The van der Waals surface area contributed by atoms with E-state index in [9.17, 15) is 5.11 Å². The Morgan fingerprint density at radius 1 is 1.50 bits per heavy atom. The molecule has 1 N–H and O–H groups in total. The number of hydrogen-bond acceptors (Lipinski definition) is 3. The van der Waals surface area contributed by atoms with Gasteiger partial charge in [0.15, 0.2) is 5.13 Å². The quantitative estimate of drug-likeness (QED) is 0.900. The van der Waals surface area contributed by atoms with Crippen LogP contribution in [0, 0.1) is 0 Å². The monoisotopic (exact) mass is 262 g/mol. The Bertz CT molecular complexity index is 556. The maximum Gasteiger partial charge on any atom is 0.193 e. The standard InChI is InChI=1S/C14H18N2OS/c1-9(2)11-8-18-14(15-11)16-7-6-10-12(16)4-3-5-13(10)17/h6-9,13,17H,3-5H2,1-2H3. The molecule has 1 atom stereocenters. The molecule has 0 fully saturated rings. The summed E-state index contributed by atoms with van der Waals surface area (Å²) >= 11 is 1.68. The molecule has 0 saturated heterocycles. The zero-order valence-corrected chi connectivity index (χ0v) is 11.6. The molecular weight excluding hydrogens is 244 g/mol. The zero-order chi connectivity index (χ0) is 12.7. The number of nitrogens with zero attached hydrogens (tertiary/aromatic N) is 2. The van der Waals surface area contributed by atoms with Gasteiger partial charge in [-0.2, -0.15) is 0 Å². The van der Waals surface area contributed by atoms with E-state index in [4.69, 9.17) is 0 Å². The van der Waals surface area contributed by atoms with Gasteiger partial charge in [0.1, 0.15) is 0 Å². The molecule has 0 aliphatic heterocycles. The lowest BCUT2D eigenvalue weighted by molar-refractivity contribution is 0.156. The summed E-state index contributed by atoms with van der Waals surface area (Å²) in [6, 6.07) is 2.04. The molecule has 0 bridgehead atoms. The van der Waals surface area contributed by atoms with E-state index in [0.717, 1.165) is 35.7 Å². The number of thiazole rings is 1. The molecule has 18 heavy (non-hydrogen) atoms. The van der Waals surface area contributed by atoms with Crippen molar-refractivity contribution < 1.29 is 5.11 Å². The van der Waals surface area contributed by atoms with Crippen LogP contribution < -0.4 is 0 Å². The number of fused-ring (bicyclic) bond motifs is 1. The first-order valence-corrected chi connectivity index (χ1v) is 7.38. The van der Waals surface area contributed by atoms with Gasteiger partial charge in [-0.05, 0) is 31.2 Å². The maximum absolute atomic E-state index is 9.98. The summed E-state index contributed by atoms with van der Waals surface area (Å²) in [6.45, 7) is 4.32. The van der Waals surface area contributed by atoms with Crippen molar-refractivity contribution in [2.24, 2.45) is 0 Å². The first kappa shape index (κ1) is 11.9. The minimum absolute atomic E-state index is 0.292. The fraction of sp³-hybridized carbons (Fsp3) is 0.500. The Kier molecular flexibility index (Phi) is 2.99. The Balaban J connectivity index is 2.01. The molecule has 4 heteroatoms. The minimum Gasteiger partial charge on any atom is -0.388 e. The van der Waals surface area contributed by atoms with E-state index < -0.39 is 0 Å². The predicted molar refractivity (Wildman–Crippen MR) is 73.4 cm³/mol. The third-order valence-electron chi connectivity index (χ3n) is 3.58. The summed E-state index contributed by atoms with van der Waals surface area (Å²) in [5.41, 5.74) is 3.47. The molecule has 1 aliphatic carbocycles. The number of rotatable bonds is 2. The molecule has 2 heterocycles. The average Bonchev–Trinajstić information content (AvgIpc) is 2.94. The highest BCUT2D eigenvalue weighted by Crippen LogP contribution is 2.33. The lowest BCUT2D eigenvalue weighted by Gasteiger charge is -2.19. The Hall–Kier alpha value is -1.13. The van der Waals surface area contributed by atoms with Crippen molar-refractivity contribution in [3.63, 3.8) is 0 Å². The third-order valence-corrected chi connectivity index (χ3v) is 4.44. The molecule has 2 aromatic rings. The second-order valence-corrected chi connectivity index (χ2v) is 6.04. The predicted octanol–water partition coefficient (Wildman–Crippen LogP) is 3.43. The van der Waals surface area contributed by atoms with Gasteiger partial charge in [0.05, 0.1) is 11.8 Å². The highest BCUT2D eigenvalue weighted by molar-refractivity contribution is 7.12. The summed E-state index contributed by atoms with van der Waals surface area (Å²) in [5, 5.41) is 13.1. The summed E-state index contributed by atoms with van der Waals surface area (Å²) in [5.74, 6) is 0.465. The van der Waals surface area contributed by atoms with Crippen LogP contribution in [-0.2, 0) is 6.42 Å². The summed E-state index contributed by atoms with van der Waals surface area (Å²) < 4.78 is 2.15. The van der Waals surface area contributed by atoms with Crippen LogP contribution in [0.2, 0.25) is 0 Å². The second-order valence-electron chi connectivity index (χ2n) is 5.21. The molecule has 2 aromatic heterocycles. The van der Waals surface area contributed by atoms with E-state index in [1.165, 1.54) is 5.69 Å². The van der Waals surface area contributed by atoms with Gasteiger partial charge in [-0.1, -0.05) is 13.8 Å². The number of hydrogen-bond donors (Lipinski definition) is 1. The SMILES string of the molecule is CC(C)c1csc(-n2ccc3c2CCCC3O)n1. The van der Waals surface area contributed by atoms with E-state index in [1.54, 1.807) is 11.3 Å². The minimum atomic E-state index is -0.292. The molecule has 0 aromatic carbocycles. The summed E-state index contributed by atoms with van der Waals surface area (Å²) in [6.07, 6.45) is 4.73. The van der Waals surface area contributed by atoms with Crippen molar-refractivity contribution in [1.29, 1.82) is 0 Å². The van der Waals surface area contributed by atoms with Crippen molar-refractivity contribution in [1.82, 2.24) is 9.55 Å². The van der Waals surface area contributed by atoms with Crippen molar-refractivity contribution in [2.75, 3.05) is 0 Å². The van der Waals surface area contributed by atoms with Crippen molar-refractivity contribution in [3.05, 3.63) is 34.6 Å². The smallest absolute Gasteiger partial charge is 0.193 e. The van der Waals surface area contributed by atoms with Gasteiger partial charge < -0.3 is 5.11 Å². The molecule has 3 rings (SSSR count). The lowest BCUT2D eigenvalue weighted by Crippen LogP contribution is -2.10. The molecule has 96 valence electrons. The van der Waals surface area contributed by atoms with Gasteiger partial charge in [0, 0.05) is 22.8 Å². The van der Waals surface area contributed by atoms with Crippen LogP contribution in [0.25, 0.3) is 5.13 Å². The molecule has 1 unspecified atom stereocenters. The number of aromatic nitrogens is 2. The Morgan fingerprint density at radius 3 is 3.06 bits per heavy atom. The molecule has 0 radical (unpaired) electrons.